The fourth-order valence-electron chi connectivity index (χ4n) is 22.5. The van der Waals surface area contributed by atoms with Crippen LogP contribution in [0.4, 0.5) is 17.1 Å². The Morgan fingerprint density at radius 2 is 0.522 bits per heavy atom. The van der Waals surface area contributed by atoms with Crippen LogP contribution in [0.5, 0.6) is 0 Å². The topological polar surface area (TPSA) is 29.5 Å². The lowest BCUT2D eigenvalue weighted by Gasteiger charge is -2.33. The highest BCUT2D eigenvalue weighted by atomic mass is 16.3. The van der Waals surface area contributed by atoms with Crippen LogP contribution in [0.2, 0.25) is 0 Å². The summed E-state index contributed by atoms with van der Waals surface area (Å²) in [6.07, 6.45) is 0. The number of furan rings is 2. The molecule has 17 aromatic rings. The first-order valence-corrected chi connectivity index (χ1v) is 41.4. The van der Waals surface area contributed by atoms with Gasteiger partial charge in [-0.25, -0.2) is 0 Å². The third-order valence-corrected chi connectivity index (χ3v) is 28.8. The molecule has 0 bridgehead atoms. The van der Waals surface area contributed by atoms with Gasteiger partial charge in [-0.05, 0) is 269 Å². The number of nitrogens with zero attached hydrogens (tertiary/aromatic N) is 1. The number of hydrogen-bond donors (Lipinski definition) is 0. The van der Waals surface area contributed by atoms with Crippen molar-refractivity contribution in [1.29, 1.82) is 0 Å². The highest BCUT2D eigenvalue weighted by molar-refractivity contribution is 6.21. The fraction of sp³-hybridized carbons (Fsp3) is 0.196. The van der Waals surface area contributed by atoms with E-state index in [4.69, 9.17) is 8.83 Å². The van der Waals surface area contributed by atoms with E-state index in [0.717, 1.165) is 55.6 Å². The van der Waals surface area contributed by atoms with Crippen molar-refractivity contribution in [2.75, 3.05) is 4.90 Å². The monoisotopic (exact) mass is 1480 g/mol. The molecule has 3 nitrogen and oxygen atoms in total. The number of benzene rings is 15. The van der Waals surface area contributed by atoms with Crippen LogP contribution in [0.3, 0.4) is 0 Å². The van der Waals surface area contributed by atoms with Crippen LogP contribution in [-0.4, -0.2) is 0 Å². The maximum absolute atomic E-state index is 7.24. The number of anilines is 3. The molecule has 0 spiro atoms. The molecule has 115 heavy (non-hydrogen) atoms. The maximum atomic E-state index is 7.24. The first kappa shape index (κ1) is 68.3. The summed E-state index contributed by atoms with van der Waals surface area (Å²) in [5.74, 6) is 0. The summed E-state index contributed by atoms with van der Waals surface area (Å²) >= 11 is 0. The van der Waals surface area contributed by atoms with Crippen molar-refractivity contribution in [3.8, 4) is 111 Å². The zero-order chi connectivity index (χ0) is 78.4. The Morgan fingerprint density at radius 3 is 0.904 bits per heavy atom. The summed E-state index contributed by atoms with van der Waals surface area (Å²) < 4.78 is 14.5. The Balaban J connectivity index is 0.619. The second-order valence-electron chi connectivity index (χ2n) is 38.3. The first-order chi connectivity index (χ1) is 55.2. The molecule has 0 aliphatic heterocycles. The van der Waals surface area contributed by atoms with Crippen LogP contribution >= 0.6 is 0 Å². The van der Waals surface area contributed by atoms with Gasteiger partial charge in [-0.3, -0.25) is 0 Å². The van der Waals surface area contributed by atoms with Crippen LogP contribution < -0.4 is 4.90 Å². The molecule has 0 radical (unpaired) electrons. The van der Waals surface area contributed by atoms with E-state index >= 15 is 0 Å². The van der Waals surface area contributed by atoms with E-state index in [2.05, 4.69) is 388 Å². The predicted octanol–water partition coefficient (Wildman–Crippen LogP) is 30.8. The molecule has 23 rings (SSSR count). The third-order valence-electron chi connectivity index (χ3n) is 28.8. The smallest absolute Gasteiger partial charge is 0.143 e. The summed E-state index contributed by atoms with van der Waals surface area (Å²) in [7, 11) is 0. The molecule has 2 aromatic heterocycles. The Bertz CT molecular complexity index is 6850. The van der Waals surface area contributed by atoms with Gasteiger partial charge in [0.15, 0.2) is 0 Å². The minimum absolute atomic E-state index is 0.0745. The SMILES string of the molecule is CC(C)(C)c1ccccc1N(c1ccc2c(c1)C(C)(C)c1cc(-c3ccc4c(c3)C(C)(C)c3cc(-c5ccc6c(c5)C(C)(C)c5ccccc5-6)ccc3-4)c3oc4ccccc4c3c1-2)c1ccc2c(c1)C(C)(C)c1cc(-c3ccc4c(c3)C(C)(C)c3cc(-c5ccc6c(c5)C(C)(C)c5ccccc5-6)ccc3-4)c3oc4ccccc4c3c1-2. The van der Waals surface area contributed by atoms with Gasteiger partial charge < -0.3 is 13.7 Å². The number of rotatable bonds is 7. The van der Waals surface area contributed by atoms with Crippen LogP contribution in [0.1, 0.15) is 176 Å². The van der Waals surface area contributed by atoms with Gasteiger partial charge >= 0.3 is 0 Å². The Hall–Kier alpha value is -12.3. The summed E-state index contributed by atoms with van der Waals surface area (Å²) in [5, 5.41) is 4.63. The standard InChI is InChI=1S/C112H91NO2/c1-106(2,3)86-32-22-23-33-97(86)113(68-42-50-78-93(58-68)111(12,13)95-60-82(104-102(100(78)95)80-28-18-24-34-98(80)114-104)66-40-48-76-74-46-38-64(54-89(74)109(8,9)91(76)56-66)62-36-44-72-70-26-16-20-30-84(70)107(4,5)87(72)52-62)69-43-51-79-94(59-69)112(14,15)96-61-83(105-103(101(79)96)81-29-19-25-35-99(81)115-105)67-41-49-77-75-47-39-65(55-90(75)110(10,11)92(77)57-67)63-37-45-73-71-27-17-21-31-85(71)108(6,7)88(73)53-63/h16-61H,1-15H3. The minimum Gasteiger partial charge on any atom is -0.455 e. The fourth-order valence-corrected chi connectivity index (χ4v) is 22.5. The normalized spacial score (nSPS) is 16.2. The summed E-state index contributed by atoms with van der Waals surface area (Å²) in [6.45, 7) is 36.0. The van der Waals surface area contributed by atoms with Gasteiger partial charge in [-0.1, -0.05) is 292 Å². The zero-order valence-corrected chi connectivity index (χ0v) is 68.3. The van der Waals surface area contributed by atoms with Gasteiger partial charge in [0.25, 0.3) is 0 Å². The largest absolute Gasteiger partial charge is 0.455 e. The van der Waals surface area contributed by atoms with Gasteiger partial charge in [0.05, 0.1) is 0 Å². The molecule has 0 saturated carbocycles. The molecular formula is C112H91NO2. The quantitative estimate of drug-likeness (QED) is 0.159. The molecular weight excluding hydrogens is 1390 g/mol. The van der Waals surface area contributed by atoms with Gasteiger partial charge in [-0.15, -0.1) is 0 Å². The van der Waals surface area contributed by atoms with E-state index in [-0.39, 0.29) is 27.1 Å². The van der Waals surface area contributed by atoms with Gasteiger partial charge in [-0.2, -0.15) is 0 Å². The highest BCUT2D eigenvalue weighted by Crippen LogP contribution is 2.63. The van der Waals surface area contributed by atoms with Crippen LogP contribution in [0, 0.1) is 0 Å². The van der Waals surface area contributed by atoms with Crippen molar-refractivity contribution in [2.45, 2.75) is 142 Å². The van der Waals surface area contributed by atoms with Crippen molar-refractivity contribution in [1.82, 2.24) is 0 Å². The summed E-state index contributed by atoms with van der Waals surface area (Å²) in [6, 6.07) is 107. The zero-order valence-electron chi connectivity index (χ0n) is 68.3. The van der Waals surface area contributed by atoms with Crippen molar-refractivity contribution in [3.63, 3.8) is 0 Å². The molecule has 2 heterocycles. The molecule has 0 N–H and O–H groups in total. The molecule has 15 aromatic carbocycles. The van der Waals surface area contributed by atoms with Crippen molar-refractivity contribution in [2.24, 2.45) is 0 Å². The van der Waals surface area contributed by atoms with Crippen LogP contribution in [0.15, 0.2) is 288 Å². The maximum Gasteiger partial charge on any atom is 0.143 e. The predicted molar refractivity (Wildman–Crippen MR) is 482 cm³/mol. The molecule has 0 atom stereocenters. The average Bonchev–Trinajstić information content (AvgIpc) is 1.54. The third kappa shape index (κ3) is 9.13. The van der Waals surface area contributed by atoms with Crippen molar-refractivity contribution < 1.29 is 8.83 Å². The molecule has 3 heteroatoms. The van der Waals surface area contributed by atoms with E-state index in [9.17, 15) is 0 Å². The van der Waals surface area contributed by atoms with Crippen LogP contribution in [-0.2, 0) is 37.9 Å². The van der Waals surface area contributed by atoms with E-state index < -0.39 is 10.8 Å². The lowest BCUT2D eigenvalue weighted by Crippen LogP contribution is -2.21. The Labute approximate surface area is 674 Å². The minimum atomic E-state index is -0.412. The Morgan fingerprint density at radius 1 is 0.235 bits per heavy atom. The van der Waals surface area contributed by atoms with Gasteiger partial charge in [0.1, 0.15) is 22.3 Å². The van der Waals surface area contributed by atoms with Gasteiger partial charge in [0.2, 0.25) is 0 Å². The number of hydrogen-bond acceptors (Lipinski definition) is 3. The number of fused-ring (bicyclic) bond motifs is 26. The summed E-state index contributed by atoms with van der Waals surface area (Å²) in [5.41, 5.74) is 48.1. The van der Waals surface area contributed by atoms with E-state index in [1.165, 1.54) is 189 Å². The molecule has 556 valence electrons. The Kier molecular flexibility index (Phi) is 13.5. The average molecular weight is 1480 g/mol. The molecule has 0 saturated heterocycles. The number of para-hydroxylation sites is 3. The van der Waals surface area contributed by atoms with Crippen molar-refractivity contribution in [3.05, 3.63) is 351 Å². The molecule has 0 unspecified atom stereocenters. The lowest BCUT2D eigenvalue weighted by atomic mass is 9.79. The van der Waals surface area contributed by atoms with Crippen LogP contribution in [0.25, 0.3) is 155 Å². The first-order valence-electron chi connectivity index (χ1n) is 41.4. The molecule has 0 amide bonds. The van der Waals surface area contributed by atoms with Gasteiger partial charge in [0, 0.05) is 82.2 Å². The summed E-state index contributed by atoms with van der Waals surface area (Å²) in [4.78, 5) is 2.57. The lowest BCUT2D eigenvalue weighted by molar-refractivity contribution is 0.591. The second-order valence-corrected chi connectivity index (χ2v) is 38.3. The highest BCUT2D eigenvalue weighted by Gasteiger charge is 2.46. The van der Waals surface area contributed by atoms with E-state index in [0.29, 0.717) is 0 Å². The second kappa shape index (κ2) is 22.8. The van der Waals surface area contributed by atoms with E-state index in [1.54, 1.807) is 0 Å². The van der Waals surface area contributed by atoms with Crippen molar-refractivity contribution >= 4 is 60.9 Å². The molecule has 6 aliphatic rings. The molecule has 0 fully saturated rings. The van der Waals surface area contributed by atoms with E-state index in [1.807, 2.05) is 0 Å². The molecule has 6 aliphatic carbocycles.